The van der Waals surface area contributed by atoms with Crippen molar-refractivity contribution in [3.63, 3.8) is 0 Å². The molecule has 0 aliphatic heterocycles. The van der Waals surface area contributed by atoms with E-state index in [1.807, 2.05) is 0 Å². The summed E-state index contributed by atoms with van der Waals surface area (Å²) in [4.78, 5) is 0. The third-order valence-electron chi connectivity index (χ3n) is 3.00. The minimum atomic E-state index is 0.924. The van der Waals surface area contributed by atoms with Crippen molar-refractivity contribution >= 4 is 7.85 Å². The fourth-order valence-electron chi connectivity index (χ4n) is 1.95. The van der Waals surface area contributed by atoms with Crippen LogP contribution in [0.2, 0.25) is 5.82 Å². The fraction of sp³-hybridized carbons (Fsp3) is 1.00. The highest BCUT2D eigenvalue weighted by molar-refractivity contribution is 6.11. The van der Waals surface area contributed by atoms with E-state index in [9.17, 15) is 0 Å². The predicted octanol–water partition coefficient (Wildman–Crippen LogP) is 2.25. The summed E-state index contributed by atoms with van der Waals surface area (Å²) in [6.45, 7) is 4.72. The zero-order valence-electron chi connectivity index (χ0n) is 7.56. The highest BCUT2D eigenvalue weighted by Gasteiger charge is 2.19. The van der Waals surface area contributed by atoms with Gasteiger partial charge in [0.1, 0.15) is 7.85 Å². The fourth-order valence-corrected chi connectivity index (χ4v) is 1.95. The van der Waals surface area contributed by atoms with Gasteiger partial charge in [-0.15, -0.1) is 0 Å². The van der Waals surface area contributed by atoms with E-state index >= 15 is 0 Å². The summed E-state index contributed by atoms with van der Waals surface area (Å²) in [5.74, 6) is 2.97. The van der Waals surface area contributed by atoms with Gasteiger partial charge >= 0.3 is 0 Å². The summed E-state index contributed by atoms with van der Waals surface area (Å²) in [5, 5.41) is 0. The Morgan fingerprint density at radius 3 is 2.00 bits per heavy atom. The van der Waals surface area contributed by atoms with Crippen LogP contribution in [-0.2, 0) is 0 Å². The molecule has 0 amide bonds. The monoisotopic (exact) mass is 138 g/mol. The summed E-state index contributed by atoms with van der Waals surface area (Å²) >= 11 is 0. The summed E-state index contributed by atoms with van der Waals surface area (Å²) in [7, 11) is 2.39. The molecule has 1 saturated carbocycles. The van der Waals surface area contributed by atoms with Crippen LogP contribution in [0.5, 0.6) is 0 Å². The Morgan fingerprint density at radius 2 is 1.60 bits per heavy atom. The molecule has 58 valence electrons. The lowest BCUT2D eigenvalue weighted by molar-refractivity contribution is 0.279. The van der Waals surface area contributed by atoms with E-state index in [-0.39, 0.29) is 0 Å². The Kier molecular flexibility index (Phi) is 2.82. The molecule has 0 nitrogen and oxygen atoms in total. The van der Waals surface area contributed by atoms with Gasteiger partial charge in [0, 0.05) is 0 Å². The van der Waals surface area contributed by atoms with E-state index in [0.29, 0.717) is 0 Å². The molecule has 1 aliphatic carbocycles. The molecule has 0 aromatic heterocycles. The molecule has 0 aromatic carbocycles. The number of rotatable bonds is 1. The smallest absolute Gasteiger partial charge is 0.0697 e. The Hall–Kier alpha value is 0.0649. The third-order valence-corrected chi connectivity index (χ3v) is 3.00. The SMILES string of the molecule is BC1CCC(C(C)C)CC1. The van der Waals surface area contributed by atoms with Gasteiger partial charge in [-0.2, -0.15) is 0 Å². The summed E-state index contributed by atoms with van der Waals surface area (Å²) in [6.07, 6.45) is 5.92. The van der Waals surface area contributed by atoms with Crippen molar-refractivity contribution in [3.05, 3.63) is 0 Å². The highest BCUT2D eigenvalue weighted by Crippen LogP contribution is 2.34. The van der Waals surface area contributed by atoms with Crippen LogP contribution in [0.4, 0.5) is 0 Å². The molecule has 0 radical (unpaired) electrons. The molecular weight excluding hydrogens is 119 g/mol. The molecule has 0 N–H and O–H groups in total. The topological polar surface area (TPSA) is 0 Å². The first kappa shape index (κ1) is 8.16. The van der Waals surface area contributed by atoms with Crippen molar-refractivity contribution in [2.45, 2.75) is 45.3 Å². The highest BCUT2D eigenvalue weighted by atomic mass is 14.2. The first-order chi connectivity index (χ1) is 4.70. The van der Waals surface area contributed by atoms with E-state index in [0.717, 1.165) is 17.7 Å². The quantitative estimate of drug-likeness (QED) is 0.487. The Balaban J connectivity index is 2.26. The van der Waals surface area contributed by atoms with Crippen molar-refractivity contribution in [2.24, 2.45) is 11.8 Å². The van der Waals surface area contributed by atoms with Crippen LogP contribution in [0, 0.1) is 11.8 Å². The maximum atomic E-state index is 2.39. The van der Waals surface area contributed by atoms with E-state index in [1.165, 1.54) is 25.7 Å². The Morgan fingerprint density at radius 1 is 1.10 bits per heavy atom. The van der Waals surface area contributed by atoms with E-state index in [2.05, 4.69) is 21.7 Å². The molecule has 1 heteroatoms. The van der Waals surface area contributed by atoms with Gasteiger partial charge in [-0.25, -0.2) is 0 Å². The summed E-state index contributed by atoms with van der Waals surface area (Å²) < 4.78 is 0. The first-order valence-electron chi connectivity index (χ1n) is 4.70. The molecule has 0 aromatic rings. The second-order valence-corrected chi connectivity index (χ2v) is 4.26. The van der Waals surface area contributed by atoms with Gasteiger partial charge in [0.15, 0.2) is 0 Å². The van der Waals surface area contributed by atoms with Crippen LogP contribution in [-0.4, -0.2) is 7.85 Å². The molecule has 1 aliphatic rings. The molecular formula is C9H19B. The van der Waals surface area contributed by atoms with Crippen LogP contribution in [0.1, 0.15) is 39.5 Å². The largest absolute Gasteiger partial charge is 0.105 e. The van der Waals surface area contributed by atoms with Crippen LogP contribution in [0.3, 0.4) is 0 Å². The van der Waals surface area contributed by atoms with Gasteiger partial charge < -0.3 is 0 Å². The second-order valence-electron chi connectivity index (χ2n) is 4.26. The lowest BCUT2D eigenvalue weighted by Crippen LogP contribution is -2.15. The van der Waals surface area contributed by atoms with E-state index < -0.39 is 0 Å². The van der Waals surface area contributed by atoms with Crippen molar-refractivity contribution in [2.75, 3.05) is 0 Å². The Labute approximate surface area is 65.8 Å². The lowest BCUT2D eigenvalue weighted by atomic mass is 9.69. The van der Waals surface area contributed by atoms with Gasteiger partial charge in [0.2, 0.25) is 0 Å². The summed E-state index contributed by atoms with van der Waals surface area (Å²) in [6, 6.07) is 0. The Bertz CT molecular complexity index is 90.9. The van der Waals surface area contributed by atoms with Crippen LogP contribution >= 0.6 is 0 Å². The first-order valence-corrected chi connectivity index (χ1v) is 4.70. The van der Waals surface area contributed by atoms with Crippen LogP contribution in [0.15, 0.2) is 0 Å². The molecule has 0 spiro atoms. The van der Waals surface area contributed by atoms with E-state index in [4.69, 9.17) is 0 Å². The van der Waals surface area contributed by atoms with Crippen molar-refractivity contribution in [3.8, 4) is 0 Å². The molecule has 0 heterocycles. The molecule has 1 rings (SSSR count). The summed E-state index contributed by atoms with van der Waals surface area (Å²) in [5.41, 5.74) is 0. The van der Waals surface area contributed by atoms with Gasteiger partial charge in [-0.3, -0.25) is 0 Å². The lowest BCUT2D eigenvalue weighted by Gasteiger charge is -2.28. The molecule has 1 fully saturated rings. The van der Waals surface area contributed by atoms with Crippen molar-refractivity contribution in [1.82, 2.24) is 0 Å². The van der Waals surface area contributed by atoms with Gasteiger partial charge in [0.25, 0.3) is 0 Å². The van der Waals surface area contributed by atoms with Crippen LogP contribution < -0.4 is 0 Å². The van der Waals surface area contributed by atoms with Gasteiger partial charge in [-0.05, 0) is 11.8 Å². The standard InChI is InChI=1S/C9H19B/c1-7(2)8-3-5-9(10)6-4-8/h7-9H,3-6,10H2,1-2H3. The minimum absolute atomic E-state index is 0.924. The zero-order chi connectivity index (χ0) is 7.56. The van der Waals surface area contributed by atoms with Crippen molar-refractivity contribution < 1.29 is 0 Å². The second kappa shape index (κ2) is 3.45. The predicted molar refractivity (Wildman–Crippen MR) is 49.1 cm³/mol. The molecule has 0 unspecified atom stereocenters. The molecule has 0 atom stereocenters. The number of hydrogen-bond donors (Lipinski definition) is 0. The zero-order valence-corrected chi connectivity index (χ0v) is 7.56. The van der Waals surface area contributed by atoms with Crippen LogP contribution in [0.25, 0.3) is 0 Å². The molecule has 10 heavy (non-hydrogen) atoms. The average Bonchev–Trinajstić information content (AvgIpc) is 1.88. The van der Waals surface area contributed by atoms with Gasteiger partial charge in [-0.1, -0.05) is 45.3 Å². The molecule has 0 bridgehead atoms. The minimum Gasteiger partial charge on any atom is -0.0697 e. The average molecular weight is 138 g/mol. The van der Waals surface area contributed by atoms with Gasteiger partial charge in [0.05, 0.1) is 0 Å². The number of hydrogen-bond acceptors (Lipinski definition) is 0. The van der Waals surface area contributed by atoms with Crippen molar-refractivity contribution in [1.29, 1.82) is 0 Å². The normalized spacial score (nSPS) is 34.7. The third kappa shape index (κ3) is 2.03. The molecule has 0 saturated heterocycles. The maximum absolute atomic E-state index is 2.39. The maximum Gasteiger partial charge on any atom is 0.105 e. The van der Waals surface area contributed by atoms with E-state index in [1.54, 1.807) is 0 Å².